The maximum absolute atomic E-state index is 12.7. The number of carbonyl (C=O) groups is 1. The van der Waals surface area contributed by atoms with Crippen molar-refractivity contribution in [1.82, 2.24) is 9.21 Å². The summed E-state index contributed by atoms with van der Waals surface area (Å²) >= 11 is 0. The minimum atomic E-state index is -3.45. The fourth-order valence-corrected chi connectivity index (χ4v) is 6.26. The molecule has 144 valence electrons. The zero-order chi connectivity index (χ0) is 18.9. The average molecular weight is 401 g/mol. The Morgan fingerprint density at radius 1 is 0.962 bits per heavy atom. The Labute approximate surface area is 155 Å². The van der Waals surface area contributed by atoms with Crippen molar-refractivity contribution >= 4 is 25.8 Å². The van der Waals surface area contributed by atoms with Crippen LogP contribution in [-0.2, 0) is 24.7 Å². The Balaban J connectivity index is 1.62. The van der Waals surface area contributed by atoms with Gasteiger partial charge in [0.05, 0.1) is 16.4 Å². The van der Waals surface area contributed by atoms with Crippen LogP contribution < -0.4 is 0 Å². The maximum Gasteiger partial charge on any atom is 0.225 e. The van der Waals surface area contributed by atoms with Crippen molar-refractivity contribution < 1.29 is 21.6 Å². The summed E-state index contributed by atoms with van der Waals surface area (Å²) < 4.78 is 50.0. The lowest BCUT2D eigenvalue weighted by Crippen LogP contribution is -2.44. The van der Waals surface area contributed by atoms with Crippen LogP contribution in [0.1, 0.15) is 19.3 Å². The molecule has 9 heteroatoms. The quantitative estimate of drug-likeness (QED) is 0.743. The predicted molar refractivity (Wildman–Crippen MR) is 97.8 cm³/mol. The molecule has 0 bridgehead atoms. The van der Waals surface area contributed by atoms with Crippen LogP contribution in [0.25, 0.3) is 0 Å². The third-order valence-corrected chi connectivity index (χ3v) is 8.73. The lowest BCUT2D eigenvalue weighted by atomic mass is 9.97. The van der Waals surface area contributed by atoms with Gasteiger partial charge in [0.15, 0.2) is 9.84 Å². The van der Waals surface area contributed by atoms with Gasteiger partial charge in [0.2, 0.25) is 15.9 Å². The molecule has 1 aromatic rings. The number of hydrogen-bond donors (Lipinski definition) is 0. The summed E-state index contributed by atoms with van der Waals surface area (Å²) in [4.78, 5) is 14.7. The summed E-state index contributed by atoms with van der Waals surface area (Å²) in [5.41, 5.74) is 0. The van der Waals surface area contributed by atoms with Gasteiger partial charge in [-0.15, -0.1) is 0 Å². The second kappa shape index (κ2) is 7.28. The number of sulfone groups is 1. The molecule has 2 fully saturated rings. The van der Waals surface area contributed by atoms with E-state index >= 15 is 0 Å². The fourth-order valence-electron chi connectivity index (χ4n) is 3.68. The Bertz CT molecular complexity index is 860. The Kier molecular flexibility index (Phi) is 5.41. The highest BCUT2D eigenvalue weighted by Crippen LogP contribution is 2.27. The van der Waals surface area contributed by atoms with E-state index in [2.05, 4.69) is 0 Å². The van der Waals surface area contributed by atoms with Gasteiger partial charge >= 0.3 is 0 Å². The SMILES string of the molecule is CS(=O)(=O)N1CCC(C(=O)N2CCC(S(=O)(=O)c3ccccc3)C2)CC1. The van der Waals surface area contributed by atoms with E-state index in [-0.39, 0.29) is 18.4 Å². The van der Waals surface area contributed by atoms with Gasteiger partial charge in [0, 0.05) is 32.1 Å². The first-order chi connectivity index (χ1) is 12.2. The number of sulfonamides is 1. The molecule has 0 N–H and O–H groups in total. The minimum Gasteiger partial charge on any atom is -0.341 e. The van der Waals surface area contributed by atoms with Crippen LogP contribution in [0, 0.1) is 5.92 Å². The van der Waals surface area contributed by atoms with Crippen LogP contribution in [0.3, 0.4) is 0 Å². The number of nitrogens with zero attached hydrogens (tertiary/aromatic N) is 2. The van der Waals surface area contributed by atoms with Gasteiger partial charge in [-0.3, -0.25) is 4.79 Å². The summed E-state index contributed by atoms with van der Waals surface area (Å²) in [5, 5.41) is -0.579. The van der Waals surface area contributed by atoms with Crippen molar-refractivity contribution in [2.75, 3.05) is 32.4 Å². The standard InChI is InChI=1S/C17H24N2O5S2/c1-25(21,22)19-11-7-14(8-12-19)17(20)18-10-9-16(13-18)26(23,24)15-5-3-2-4-6-15/h2-6,14,16H,7-13H2,1H3. The molecule has 3 rings (SSSR count). The highest BCUT2D eigenvalue weighted by Gasteiger charge is 2.39. The van der Waals surface area contributed by atoms with E-state index in [0.717, 1.165) is 0 Å². The fraction of sp³-hybridized carbons (Fsp3) is 0.588. The van der Waals surface area contributed by atoms with Gasteiger partial charge in [0.25, 0.3) is 0 Å². The molecule has 0 aliphatic carbocycles. The first-order valence-corrected chi connectivity index (χ1v) is 12.1. The van der Waals surface area contributed by atoms with Crippen LogP contribution in [-0.4, -0.2) is 69.6 Å². The summed E-state index contributed by atoms with van der Waals surface area (Å²) in [6, 6.07) is 8.33. The average Bonchev–Trinajstić information content (AvgIpc) is 3.12. The summed E-state index contributed by atoms with van der Waals surface area (Å²) in [7, 11) is -6.67. The Morgan fingerprint density at radius 2 is 1.58 bits per heavy atom. The molecule has 1 amide bonds. The first kappa shape index (κ1) is 19.3. The molecule has 1 atom stereocenters. The number of carbonyl (C=O) groups excluding carboxylic acids is 1. The molecular weight excluding hydrogens is 376 g/mol. The molecular formula is C17H24N2O5S2. The van der Waals surface area contributed by atoms with Crippen molar-refractivity contribution in [2.45, 2.75) is 29.4 Å². The molecule has 0 aromatic heterocycles. The van der Waals surface area contributed by atoms with E-state index in [9.17, 15) is 21.6 Å². The van der Waals surface area contributed by atoms with E-state index in [4.69, 9.17) is 0 Å². The van der Waals surface area contributed by atoms with Crippen molar-refractivity contribution in [3.05, 3.63) is 30.3 Å². The number of piperidine rings is 1. The molecule has 1 unspecified atom stereocenters. The number of rotatable bonds is 4. The van der Waals surface area contributed by atoms with Gasteiger partial charge in [-0.2, -0.15) is 0 Å². The topological polar surface area (TPSA) is 91.8 Å². The zero-order valence-corrected chi connectivity index (χ0v) is 16.4. The van der Waals surface area contributed by atoms with Crippen LogP contribution in [0.15, 0.2) is 35.2 Å². The molecule has 0 spiro atoms. The Morgan fingerprint density at radius 3 is 2.15 bits per heavy atom. The van der Waals surface area contributed by atoms with Gasteiger partial charge in [-0.05, 0) is 31.4 Å². The molecule has 2 aliphatic rings. The second-order valence-corrected chi connectivity index (χ2v) is 11.2. The van der Waals surface area contributed by atoms with E-state index < -0.39 is 25.1 Å². The second-order valence-electron chi connectivity index (χ2n) is 6.99. The predicted octanol–water partition coefficient (Wildman–Crippen LogP) is 0.733. The maximum atomic E-state index is 12.7. The highest BCUT2D eigenvalue weighted by molar-refractivity contribution is 7.92. The lowest BCUT2D eigenvalue weighted by Gasteiger charge is -2.31. The molecule has 2 aliphatic heterocycles. The van der Waals surface area contributed by atoms with Crippen molar-refractivity contribution in [2.24, 2.45) is 5.92 Å². The molecule has 0 radical (unpaired) electrons. The summed E-state index contributed by atoms with van der Waals surface area (Å²) in [5.74, 6) is -0.282. The number of benzene rings is 1. The molecule has 2 saturated heterocycles. The summed E-state index contributed by atoms with van der Waals surface area (Å²) in [6.07, 6.45) is 2.58. The van der Waals surface area contributed by atoms with Gasteiger partial charge in [0.1, 0.15) is 0 Å². The number of likely N-dealkylation sites (tertiary alicyclic amines) is 1. The Hall–Kier alpha value is -1.45. The number of amides is 1. The van der Waals surface area contributed by atoms with Crippen molar-refractivity contribution in [1.29, 1.82) is 0 Å². The van der Waals surface area contributed by atoms with E-state index in [1.807, 2.05) is 0 Å². The zero-order valence-electron chi connectivity index (χ0n) is 14.7. The van der Waals surface area contributed by atoms with Crippen LogP contribution in [0.5, 0.6) is 0 Å². The van der Waals surface area contributed by atoms with E-state index in [1.165, 1.54) is 10.6 Å². The lowest BCUT2D eigenvalue weighted by molar-refractivity contribution is -0.135. The smallest absolute Gasteiger partial charge is 0.225 e. The summed E-state index contributed by atoms with van der Waals surface area (Å²) in [6.45, 7) is 1.33. The minimum absolute atomic E-state index is 0.0519. The molecule has 7 nitrogen and oxygen atoms in total. The highest BCUT2D eigenvalue weighted by atomic mass is 32.2. The normalized spacial score (nSPS) is 23.3. The van der Waals surface area contributed by atoms with Crippen molar-refractivity contribution in [3.63, 3.8) is 0 Å². The van der Waals surface area contributed by atoms with Gasteiger partial charge in [-0.1, -0.05) is 18.2 Å². The van der Waals surface area contributed by atoms with E-state index in [1.54, 1.807) is 35.2 Å². The van der Waals surface area contributed by atoms with Gasteiger partial charge in [-0.25, -0.2) is 21.1 Å². The molecule has 26 heavy (non-hydrogen) atoms. The largest absolute Gasteiger partial charge is 0.341 e. The molecule has 1 aromatic carbocycles. The first-order valence-electron chi connectivity index (χ1n) is 8.72. The monoisotopic (exact) mass is 400 g/mol. The third-order valence-electron chi connectivity index (χ3n) is 5.24. The third kappa shape index (κ3) is 3.94. The molecule has 0 saturated carbocycles. The number of hydrogen-bond acceptors (Lipinski definition) is 5. The van der Waals surface area contributed by atoms with Crippen LogP contribution in [0.2, 0.25) is 0 Å². The van der Waals surface area contributed by atoms with Crippen LogP contribution >= 0.6 is 0 Å². The van der Waals surface area contributed by atoms with Crippen molar-refractivity contribution in [3.8, 4) is 0 Å². The van der Waals surface area contributed by atoms with Gasteiger partial charge < -0.3 is 4.90 Å². The van der Waals surface area contributed by atoms with Crippen LogP contribution in [0.4, 0.5) is 0 Å². The van der Waals surface area contributed by atoms with E-state index in [0.29, 0.717) is 43.8 Å². The molecule has 2 heterocycles.